The fourth-order valence-corrected chi connectivity index (χ4v) is 4.34. The highest BCUT2D eigenvalue weighted by Gasteiger charge is 2.17. The molecule has 0 aliphatic carbocycles. The van der Waals surface area contributed by atoms with Gasteiger partial charge in [-0.2, -0.15) is 46.7 Å². The molecular formula is C24H36N12O12S2. The monoisotopic (exact) mass is 748 g/mol. The van der Waals surface area contributed by atoms with Crippen LogP contribution in [-0.2, 0) is 20.2 Å². The molecule has 12 N–H and O–H groups in total. The first-order chi connectivity index (χ1) is 23.6. The number of carbonyl (C=O) groups excluding carboxylic acids is 1. The topological polar surface area (TPSA) is 365 Å². The average molecular weight is 749 g/mol. The van der Waals surface area contributed by atoms with Gasteiger partial charge < -0.3 is 57.1 Å². The number of hydrogen-bond acceptors (Lipinski definition) is 22. The van der Waals surface area contributed by atoms with Gasteiger partial charge in [-0.05, 0) is 6.07 Å². The predicted octanol–water partition coefficient (Wildman–Crippen LogP) is -2.51. The van der Waals surface area contributed by atoms with Crippen molar-refractivity contribution in [2.75, 3.05) is 89.9 Å². The summed E-state index contributed by atoms with van der Waals surface area (Å²) in [5, 5.41) is 53.9. The van der Waals surface area contributed by atoms with Crippen LogP contribution >= 0.6 is 0 Å². The molecule has 3 aromatic rings. The number of rotatable bonds is 22. The molecular weight excluding hydrogens is 712 g/mol. The Kier molecular flexibility index (Phi) is 14.5. The molecule has 0 saturated carbocycles. The molecule has 0 amide bonds. The summed E-state index contributed by atoms with van der Waals surface area (Å²) in [4.78, 5) is 36.9. The van der Waals surface area contributed by atoms with Gasteiger partial charge in [-0.1, -0.05) is 0 Å². The number of nitrogens with zero attached hydrogens (tertiary/aromatic N) is 6. The molecule has 2 atom stereocenters. The Morgan fingerprint density at radius 1 is 0.680 bits per heavy atom. The molecule has 276 valence electrons. The minimum absolute atomic E-state index is 0.0183. The molecule has 3 rings (SSSR count). The van der Waals surface area contributed by atoms with Crippen LogP contribution in [0.3, 0.4) is 0 Å². The summed E-state index contributed by atoms with van der Waals surface area (Å²) in [6.45, 7) is -2.04. The standard InChI is InChI=1S/C24H36N12O12S2/c1-48-18-7-16(29-23-33-19(25-2-4-49(42,43)44)31-21(35-23)27-8-14(40)11-38)13(10-37)6-17(18)30-24-34-20(26-3-5-50(45,46)47)32-22(36-24)28-9-15(41)12-39/h6-7,10,14-15,38-41H,2-5,8-9,11-12H2,1H3,(H,42,43,44)(H,45,46,47)(H3,25,27,29,31,33,35)(H3,26,28,30,32,34,36). The number of benzene rings is 1. The molecule has 0 spiro atoms. The number of aliphatic hydroxyl groups excluding tert-OH is 4. The minimum atomic E-state index is -4.31. The number of hydrogen-bond donors (Lipinski definition) is 12. The van der Waals surface area contributed by atoms with Gasteiger partial charge in [0.2, 0.25) is 35.7 Å². The summed E-state index contributed by atoms with van der Waals surface area (Å²) >= 11 is 0. The van der Waals surface area contributed by atoms with Crippen LogP contribution < -0.4 is 36.6 Å². The van der Waals surface area contributed by atoms with Crippen molar-refractivity contribution in [1.29, 1.82) is 0 Å². The molecule has 0 radical (unpaired) electrons. The van der Waals surface area contributed by atoms with Crippen LogP contribution in [-0.4, -0.2) is 153 Å². The molecule has 2 aromatic heterocycles. The third-order valence-electron chi connectivity index (χ3n) is 5.96. The van der Waals surface area contributed by atoms with Crippen molar-refractivity contribution in [2.24, 2.45) is 0 Å². The van der Waals surface area contributed by atoms with E-state index in [9.17, 15) is 31.8 Å². The number of aldehydes is 1. The Balaban J connectivity index is 1.94. The molecule has 50 heavy (non-hydrogen) atoms. The first-order valence-corrected chi connectivity index (χ1v) is 17.5. The van der Waals surface area contributed by atoms with Crippen molar-refractivity contribution < 1.29 is 55.9 Å². The van der Waals surface area contributed by atoms with Crippen molar-refractivity contribution in [3.05, 3.63) is 17.7 Å². The lowest BCUT2D eigenvalue weighted by molar-refractivity contribution is 0.105. The lowest BCUT2D eigenvalue weighted by atomic mass is 10.1. The summed E-state index contributed by atoms with van der Waals surface area (Å²) in [5.74, 6) is -2.05. The van der Waals surface area contributed by atoms with Crippen molar-refractivity contribution in [3.8, 4) is 5.75 Å². The van der Waals surface area contributed by atoms with E-state index in [2.05, 4.69) is 61.8 Å². The van der Waals surface area contributed by atoms with Crippen LogP contribution in [0.2, 0.25) is 0 Å². The van der Waals surface area contributed by atoms with Gasteiger partial charge in [0.25, 0.3) is 20.2 Å². The molecule has 2 heterocycles. The van der Waals surface area contributed by atoms with Crippen molar-refractivity contribution in [3.63, 3.8) is 0 Å². The van der Waals surface area contributed by atoms with E-state index in [1.54, 1.807) is 0 Å². The van der Waals surface area contributed by atoms with Gasteiger partial charge in [-0.25, -0.2) is 0 Å². The highest BCUT2D eigenvalue weighted by Crippen LogP contribution is 2.34. The summed E-state index contributed by atoms with van der Waals surface area (Å²) < 4.78 is 68.0. The molecule has 26 heteroatoms. The normalized spacial score (nSPS) is 12.8. The van der Waals surface area contributed by atoms with Crippen LogP contribution in [0.4, 0.5) is 47.1 Å². The van der Waals surface area contributed by atoms with Crippen LogP contribution in [0.1, 0.15) is 10.4 Å². The first kappa shape index (κ1) is 39.6. The zero-order valence-corrected chi connectivity index (χ0v) is 27.8. The van der Waals surface area contributed by atoms with Gasteiger partial charge in [0.15, 0.2) is 6.29 Å². The van der Waals surface area contributed by atoms with Crippen molar-refractivity contribution >= 4 is 73.6 Å². The Labute approximate surface area is 284 Å². The van der Waals surface area contributed by atoms with Gasteiger partial charge >= 0.3 is 0 Å². The Morgan fingerprint density at radius 3 is 1.46 bits per heavy atom. The number of methoxy groups -OCH3 is 1. The van der Waals surface area contributed by atoms with E-state index in [4.69, 9.17) is 24.1 Å². The zero-order chi connectivity index (χ0) is 36.9. The van der Waals surface area contributed by atoms with E-state index >= 15 is 0 Å². The van der Waals surface area contributed by atoms with E-state index in [0.29, 0.717) is 6.29 Å². The Morgan fingerprint density at radius 2 is 1.08 bits per heavy atom. The summed E-state index contributed by atoms with van der Waals surface area (Å²) in [5.41, 5.74) is 0.285. The number of nitrogens with one attached hydrogen (secondary N) is 6. The summed E-state index contributed by atoms with van der Waals surface area (Å²) in [6.07, 6.45) is -1.85. The number of carbonyl (C=O) groups is 1. The van der Waals surface area contributed by atoms with Crippen LogP contribution in [0.25, 0.3) is 0 Å². The molecule has 0 fully saturated rings. The first-order valence-electron chi connectivity index (χ1n) is 14.3. The van der Waals surface area contributed by atoms with Gasteiger partial charge in [0, 0.05) is 37.8 Å². The second kappa shape index (κ2) is 18.2. The highest BCUT2D eigenvalue weighted by atomic mass is 32.2. The number of aromatic nitrogens is 6. The Bertz CT molecular complexity index is 1820. The molecule has 0 saturated heterocycles. The quantitative estimate of drug-likeness (QED) is 0.0373. The van der Waals surface area contributed by atoms with Crippen LogP contribution in [0, 0.1) is 0 Å². The lowest BCUT2D eigenvalue weighted by Gasteiger charge is -2.17. The third-order valence-corrected chi connectivity index (χ3v) is 7.40. The fraction of sp³-hybridized carbons (Fsp3) is 0.458. The van der Waals surface area contributed by atoms with Gasteiger partial charge in [0.05, 0.1) is 55.4 Å². The van der Waals surface area contributed by atoms with E-state index in [1.807, 2.05) is 0 Å². The maximum atomic E-state index is 12.2. The molecule has 1 aromatic carbocycles. The second-order valence-electron chi connectivity index (χ2n) is 9.98. The van der Waals surface area contributed by atoms with Crippen molar-refractivity contribution in [2.45, 2.75) is 12.2 Å². The van der Waals surface area contributed by atoms with E-state index in [1.165, 1.54) is 19.2 Å². The summed E-state index contributed by atoms with van der Waals surface area (Å²) in [6, 6.07) is 2.72. The van der Waals surface area contributed by atoms with Crippen LogP contribution in [0.15, 0.2) is 12.1 Å². The number of anilines is 8. The molecule has 0 aliphatic heterocycles. The molecule has 2 unspecified atom stereocenters. The lowest BCUT2D eigenvalue weighted by Crippen LogP contribution is -2.24. The van der Waals surface area contributed by atoms with Gasteiger partial charge in [0.1, 0.15) is 5.75 Å². The zero-order valence-electron chi connectivity index (χ0n) is 26.2. The van der Waals surface area contributed by atoms with E-state index < -0.39 is 57.2 Å². The molecule has 0 aliphatic rings. The second-order valence-corrected chi connectivity index (χ2v) is 13.1. The smallest absolute Gasteiger partial charge is 0.266 e. The van der Waals surface area contributed by atoms with Gasteiger partial charge in [-0.3, -0.25) is 13.9 Å². The molecule has 0 bridgehead atoms. The third kappa shape index (κ3) is 13.6. The average Bonchev–Trinajstić information content (AvgIpc) is 3.05. The number of ether oxygens (including phenoxy) is 1. The number of aliphatic hydroxyl groups is 4. The predicted molar refractivity (Wildman–Crippen MR) is 178 cm³/mol. The Hall–Kier alpha value is -4.83. The van der Waals surface area contributed by atoms with Crippen molar-refractivity contribution in [1.82, 2.24) is 29.9 Å². The van der Waals surface area contributed by atoms with E-state index in [0.717, 1.165) is 0 Å². The summed E-state index contributed by atoms with van der Waals surface area (Å²) in [7, 11) is -7.29. The maximum Gasteiger partial charge on any atom is 0.266 e. The molecule has 24 nitrogen and oxygen atoms in total. The highest BCUT2D eigenvalue weighted by molar-refractivity contribution is 7.86. The largest absolute Gasteiger partial charge is 0.494 e. The van der Waals surface area contributed by atoms with E-state index in [-0.39, 0.29) is 84.6 Å². The maximum absolute atomic E-state index is 12.2. The van der Waals surface area contributed by atoms with Gasteiger partial charge in [-0.15, -0.1) is 0 Å². The SMILES string of the molecule is COc1cc(Nc2nc(NCCS(=O)(=O)O)nc(NCC(O)CO)n2)c(C=O)cc1Nc1nc(NCCS(=O)(=O)O)nc(NCC(O)CO)n1. The minimum Gasteiger partial charge on any atom is -0.494 e. The fourth-order valence-electron chi connectivity index (χ4n) is 3.62. The van der Waals surface area contributed by atoms with Crippen LogP contribution in [0.5, 0.6) is 5.75 Å².